The van der Waals surface area contributed by atoms with Crippen molar-refractivity contribution in [2.24, 2.45) is 5.73 Å². The summed E-state index contributed by atoms with van der Waals surface area (Å²) in [6, 6.07) is 30.4. The van der Waals surface area contributed by atoms with Gasteiger partial charge in [0.05, 0.1) is 0 Å². The average molecular weight is 613 g/mol. The Morgan fingerprint density at radius 1 is 0.878 bits per heavy atom. The van der Waals surface area contributed by atoms with Crippen LogP contribution in [-0.4, -0.2) is 41.5 Å². The summed E-state index contributed by atoms with van der Waals surface area (Å²) in [4.78, 5) is 27.8. The van der Waals surface area contributed by atoms with Crippen molar-refractivity contribution < 1.29 is 14.7 Å². The number of benzene rings is 4. The van der Waals surface area contributed by atoms with Crippen LogP contribution in [0.25, 0.3) is 17.2 Å². The number of carbonyl (C=O) groups excluding carboxylic acids is 2. The van der Waals surface area contributed by atoms with Gasteiger partial charge in [0, 0.05) is 35.7 Å². The van der Waals surface area contributed by atoms with Crippen molar-refractivity contribution in [3.05, 3.63) is 130 Å². The van der Waals surface area contributed by atoms with Crippen LogP contribution in [0, 0.1) is 0 Å². The van der Waals surface area contributed by atoms with E-state index in [9.17, 15) is 14.7 Å². The highest BCUT2D eigenvalue weighted by Crippen LogP contribution is 2.23. The lowest BCUT2D eigenvalue weighted by Gasteiger charge is -2.22. The number of phenols is 1. The van der Waals surface area contributed by atoms with E-state index >= 15 is 0 Å². The van der Waals surface area contributed by atoms with Crippen molar-refractivity contribution in [2.45, 2.75) is 19.4 Å². The lowest BCUT2D eigenvalue weighted by Crippen LogP contribution is -2.31. The molecule has 0 aromatic heterocycles. The number of aromatic hydroxyl groups is 1. The molecule has 7 heteroatoms. The normalized spacial score (nSPS) is 11.0. The molecule has 0 aliphatic heterocycles. The summed E-state index contributed by atoms with van der Waals surface area (Å²) in [5.41, 5.74) is 11.0. The van der Waals surface area contributed by atoms with Crippen LogP contribution in [0.4, 0.5) is 0 Å². The number of nitrogens with zero attached hydrogens (tertiary/aromatic N) is 1. The molecule has 0 radical (unpaired) electrons. The van der Waals surface area contributed by atoms with E-state index in [4.69, 9.17) is 5.73 Å². The SMILES string of the molecule is NCCCNC(=O)c1cccc(-c2cccc(CN(CCc3ccc(O)cc3)C(=O)C=Cc3ccc(Br)cc3)c2)c1. The zero-order valence-corrected chi connectivity index (χ0v) is 24.4. The van der Waals surface area contributed by atoms with Crippen LogP contribution < -0.4 is 11.1 Å². The van der Waals surface area contributed by atoms with E-state index in [1.807, 2.05) is 83.8 Å². The number of halogens is 1. The van der Waals surface area contributed by atoms with Crippen LogP contribution in [0.5, 0.6) is 5.75 Å². The molecule has 0 saturated heterocycles. The summed E-state index contributed by atoms with van der Waals surface area (Å²) in [6.45, 7) is 2.01. The smallest absolute Gasteiger partial charge is 0.251 e. The van der Waals surface area contributed by atoms with E-state index in [1.165, 1.54) is 0 Å². The molecule has 41 heavy (non-hydrogen) atoms. The van der Waals surface area contributed by atoms with Crippen molar-refractivity contribution in [3.63, 3.8) is 0 Å². The van der Waals surface area contributed by atoms with Crippen LogP contribution in [0.1, 0.15) is 33.5 Å². The Morgan fingerprint density at radius 2 is 1.59 bits per heavy atom. The molecule has 0 aliphatic carbocycles. The molecule has 0 saturated carbocycles. The van der Waals surface area contributed by atoms with Crippen LogP contribution >= 0.6 is 15.9 Å². The van der Waals surface area contributed by atoms with E-state index in [2.05, 4.69) is 27.3 Å². The van der Waals surface area contributed by atoms with Gasteiger partial charge in [-0.1, -0.05) is 70.5 Å². The molecule has 6 nitrogen and oxygen atoms in total. The van der Waals surface area contributed by atoms with E-state index < -0.39 is 0 Å². The first kappa shape index (κ1) is 29.8. The van der Waals surface area contributed by atoms with Gasteiger partial charge in [-0.05, 0) is 95.7 Å². The van der Waals surface area contributed by atoms with Crippen LogP contribution in [0.3, 0.4) is 0 Å². The molecule has 2 amide bonds. The Morgan fingerprint density at radius 3 is 2.32 bits per heavy atom. The summed E-state index contributed by atoms with van der Waals surface area (Å²) in [5, 5.41) is 12.5. The van der Waals surface area contributed by atoms with Crippen LogP contribution in [0.15, 0.2) is 108 Å². The molecule has 4 aromatic rings. The first-order valence-electron chi connectivity index (χ1n) is 13.6. The molecule has 0 heterocycles. The van der Waals surface area contributed by atoms with Crippen molar-refractivity contribution in [1.82, 2.24) is 10.2 Å². The van der Waals surface area contributed by atoms with Gasteiger partial charge < -0.3 is 21.1 Å². The molecule has 0 unspecified atom stereocenters. The molecule has 0 spiro atoms. The highest BCUT2D eigenvalue weighted by Gasteiger charge is 2.13. The van der Waals surface area contributed by atoms with E-state index in [-0.39, 0.29) is 17.6 Å². The Hall–Kier alpha value is -4.20. The highest BCUT2D eigenvalue weighted by atomic mass is 79.9. The maximum Gasteiger partial charge on any atom is 0.251 e. The average Bonchev–Trinajstić information content (AvgIpc) is 3.00. The number of hydrogen-bond acceptors (Lipinski definition) is 4. The number of rotatable bonds is 12. The molecule has 210 valence electrons. The largest absolute Gasteiger partial charge is 0.508 e. The summed E-state index contributed by atoms with van der Waals surface area (Å²) >= 11 is 3.44. The molecule has 0 aliphatic rings. The molecule has 4 N–H and O–H groups in total. The van der Waals surface area contributed by atoms with Gasteiger partial charge in [-0.25, -0.2) is 0 Å². The first-order chi connectivity index (χ1) is 19.9. The van der Waals surface area contributed by atoms with Crippen LogP contribution in [-0.2, 0) is 17.8 Å². The molecule has 4 rings (SSSR count). The number of carbonyl (C=O) groups is 2. The predicted octanol–water partition coefficient (Wildman–Crippen LogP) is 6.19. The maximum absolute atomic E-state index is 13.4. The van der Waals surface area contributed by atoms with Gasteiger partial charge in [0.15, 0.2) is 0 Å². The predicted molar refractivity (Wildman–Crippen MR) is 168 cm³/mol. The molecule has 0 atom stereocenters. The lowest BCUT2D eigenvalue weighted by molar-refractivity contribution is -0.126. The van der Waals surface area contributed by atoms with Crippen molar-refractivity contribution >= 4 is 33.8 Å². The van der Waals surface area contributed by atoms with Crippen molar-refractivity contribution in [1.29, 1.82) is 0 Å². The Labute approximate surface area is 249 Å². The Kier molecular flexibility index (Phi) is 10.9. The van der Waals surface area contributed by atoms with Gasteiger partial charge in [-0.2, -0.15) is 0 Å². The summed E-state index contributed by atoms with van der Waals surface area (Å²) in [7, 11) is 0. The van der Waals surface area contributed by atoms with E-state index in [0.29, 0.717) is 38.2 Å². The number of amides is 2. The zero-order chi connectivity index (χ0) is 29.0. The first-order valence-corrected chi connectivity index (χ1v) is 14.4. The molecular formula is C34H34BrN3O3. The summed E-state index contributed by atoms with van der Waals surface area (Å²) in [5.74, 6) is 0.00121. The monoisotopic (exact) mass is 611 g/mol. The quantitative estimate of drug-likeness (QED) is 0.132. The summed E-state index contributed by atoms with van der Waals surface area (Å²) < 4.78 is 0.981. The van der Waals surface area contributed by atoms with Crippen molar-refractivity contribution in [3.8, 4) is 16.9 Å². The lowest BCUT2D eigenvalue weighted by atomic mass is 10.0. The Balaban J connectivity index is 1.52. The van der Waals surface area contributed by atoms with Gasteiger partial charge in [-0.15, -0.1) is 0 Å². The minimum atomic E-state index is -0.125. The standard InChI is InChI=1S/C34H34BrN3O3/c35-31-13-8-25(9-14-31)12-17-33(40)38(21-18-26-10-15-32(39)16-11-26)24-27-4-1-5-28(22-27)29-6-2-7-30(23-29)34(41)37-20-3-19-36/h1-2,4-17,22-23,39H,3,18-21,24,36H2,(H,37,41). The number of nitrogens with two attached hydrogens (primary N) is 1. The fourth-order valence-corrected chi connectivity index (χ4v) is 4.62. The molecular weight excluding hydrogens is 578 g/mol. The number of nitrogens with one attached hydrogen (secondary N) is 1. The van der Waals surface area contributed by atoms with E-state index in [0.717, 1.165) is 38.7 Å². The number of hydrogen-bond donors (Lipinski definition) is 3. The van der Waals surface area contributed by atoms with E-state index in [1.54, 1.807) is 24.3 Å². The van der Waals surface area contributed by atoms with Gasteiger partial charge in [0.2, 0.25) is 5.91 Å². The topological polar surface area (TPSA) is 95.7 Å². The van der Waals surface area contributed by atoms with Crippen molar-refractivity contribution in [2.75, 3.05) is 19.6 Å². The maximum atomic E-state index is 13.4. The fraction of sp³-hybridized carbons (Fsp3) is 0.176. The number of phenolic OH excluding ortho intramolecular Hbond substituents is 1. The second-order valence-electron chi connectivity index (χ2n) is 9.74. The second-order valence-corrected chi connectivity index (χ2v) is 10.7. The fourth-order valence-electron chi connectivity index (χ4n) is 4.36. The molecule has 0 bridgehead atoms. The second kappa shape index (κ2) is 15.0. The highest BCUT2D eigenvalue weighted by molar-refractivity contribution is 9.10. The van der Waals surface area contributed by atoms with Gasteiger partial charge in [0.1, 0.15) is 5.75 Å². The minimum Gasteiger partial charge on any atom is -0.508 e. The third kappa shape index (κ3) is 9.17. The third-order valence-electron chi connectivity index (χ3n) is 6.63. The van der Waals surface area contributed by atoms with Gasteiger partial charge >= 0.3 is 0 Å². The summed E-state index contributed by atoms with van der Waals surface area (Å²) in [6.07, 6.45) is 4.81. The van der Waals surface area contributed by atoms with Crippen LogP contribution in [0.2, 0.25) is 0 Å². The minimum absolute atomic E-state index is 0.0896. The molecule has 4 aromatic carbocycles. The van der Waals surface area contributed by atoms with Gasteiger partial charge in [0.25, 0.3) is 5.91 Å². The Bertz CT molecular complexity index is 1480. The molecule has 0 fully saturated rings. The van der Waals surface area contributed by atoms with Gasteiger partial charge in [-0.3, -0.25) is 9.59 Å². The zero-order valence-electron chi connectivity index (χ0n) is 22.8. The third-order valence-corrected chi connectivity index (χ3v) is 7.16.